The van der Waals surface area contributed by atoms with Crippen LogP contribution in [0.3, 0.4) is 0 Å². The first-order valence-electron chi connectivity index (χ1n) is 12.1. The van der Waals surface area contributed by atoms with Gasteiger partial charge in [0.1, 0.15) is 24.7 Å². The molecule has 2 aromatic heterocycles. The van der Waals surface area contributed by atoms with Gasteiger partial charge in [0.25, 0.3) is 5.91 Å². The molecule has 0 radical (unpaired) electrons. The van der Waals surface area contributed by atoms with Crippen LogP contribution in [0.5, 0.6) is 5.75 Å². The second kappa shape index (κ2) is 11.4. The SMILES string of the molecule is Cc1ccc(OC[C@@H]2c3ccsc3CCN2C(=O)CN(Cc2ccco2)C(=O)c2cccc(Br)c2)cc1. The van der Waals surface area contributed by atoms with Crippen LogP contribution in [0.25, 0.3) is 0 Å². The van der Waals surface area contributed by atoms with Gasteiger partial charge in [0.15, 0.2) is 0 Å². The predicted molar refractivity (Wildman–Crippen MR) is 147 cm³/mol. The highest BCUT2D eigenvalue weighted by Gasteiger charge is 2.34. The lowest BCUT2D eigenvalue weighted by molar-refractivity contribution is -0.135. The second-order valence-corrected chi connectivity index (χ2v) is 10.9. The van der Waals surface area contributed by atoms with E-state index in [1.807, 2.05) is 54.3 Å². The van der Waals surface area contributed by atoms with Crippen molar-refractivity contribution in [1.29, 1.82) is 0 Å². The Bertz CT molecular complexity index is 1370. The minimum absolute atomic E-state index is 0.0629. The third-order valence-electron chi connectivity index (χ3n) is 6.46. The van der Waals surface area contributed by atoms with Gasteiger partial charge in [-0.05, 0) is 72.8 Å². The van der Waals surface area contributed by atoms with Crippen LogP contribution in [0.15, 0.2) is 87.3 Å². The average molecular weight is 580 g/mol. The fourth-order valence-corrected chi connectivity index (χ4v) is 5.86. The van der Waals surface area contributed by atoms with E-state index in [0.717, 1.165) is 27.8 Å². The molecule has 190 valence electrons. The van der Waals surface area contributed by atoms with Crippen molar-refractivity contribution in [1.82, 2.24) is 9.80 Å². The number of thiophene rings is 1. The molecule has 0 aliphatic carbocycles. The van der Waals surface area contributed by atoms with Crippen molar-refractivity contribution in [3.63, 3.8) is 0 Å². The third kappa shape index (κ3) is 5.97. The van der Waals surface area contributed by atoms with E-state index in [9.17, 15) is 9.59 Å². The van der Waals surface area contributed by atoms with Gasteiger partial charge in [-0.25, -0.2) is 0 Å². The van der Waals surface area contributed by atoms with E-state index in [0.29, 0.717) is 24.5 Å². The van der Waals surface area contributed by atoms with Crippen molar-refractivity contribution >= 4 is 39.1 Å². The van der Waals surface area contributed by atoms with Gasteiger partial charge in [-0.15, -0.1) is 11.3 Å². The van der Waals surface area contributed by atoms with Crippen molar-refractivity contribution < 1.29 is 18.7 Å². The molecule has 1 aliphatic rings. The molecular weight excluding hydrogens is 552 g/mol. The zero-order chi connectivity index (χ0) is 25.8. The monoisotopic (exact) mass is 578 g/mol. The lowest BCUT2D eigenvalue weighted by atomic mass is 10.0. The smallest absolute Gasteiger partial charge is 0.254 e. The molecule has 1 atom stereocenters. The molecule has 37 heavy (non-hydrogen) atoms. The number of amides is 2. The molecule has 0 fully saturated rings. The van der Waals surface area contributed by atoms with Crippen molar-refractivity contribution in [2.24, 2.45) is 0 Å². The summed E-state index contributed by atoms with van der Waals surface area (Å²) in [6.45, 7) is 3.09. The number of hydrogen-bond acceptors (Lipinski definition) is 5. The maximum Gasteiger partial charge on any atom is 0.254 e. The maximum atomic E-state index is 13.8. The van der Waals surface area contributed by atoms with Gasteiger partial charge in [0, 0.05) is 21.5 Å². The number of ether oxygens (including phenoxy) is 1. The number of carbonyl (C=O) groups is 2. The van der Waals surface area contributed by atoms with Gasteiger partial charge in [0.05, 0.1) is 18.8 Å². The van der Waals surface area contributed by atoms with E-state index < -0.39 is 0 Å². The minimum atomic E-state index is -0.230. The summed E-state index contributed by atoms with van der Waals surface area (Å²) in [5, 5.41) is 2.07. The summed E-state index contributed by atoms with van der Waals surface area (Å²) < 4.78 is 12.4. The highest BCUT2D eigenvalue weighted by Crippen LogP contribution is 2.34. The van der Waals surface area contributed by atoms with Crippen LogP contribution in [-0.4, -0.2) is 41.3 Å². The summed E-state index contributed by atoms with van der Waals surface area (Å²) in [7, 11) is 0. The Kier molecular flexibility index (Phi) is 7.76. The molecule has 0 spiro atoms. The Labute approximate surface area is 228 Å². The van der Waals surface area contributed by atoms with Crippen molar-refractivity contribution in [2.75, 3.05) is 19.7 Å². The first-order chi connectivity index (χ1) is 18.0. The van der Waals surface area contributed by atoms with E-state index >= 15 is 0 Å². The number of benzene rings is 2. The number of aryl methyl sites for hydroxylation is 1. The Morgan fingerprint density at radius 2 is 1.97 bits per heavy atom. The second-order valence-electron chi connectivity index (χ2n) is 9.03. The van der Waals surface area contributed by atoms with Gasteiger partial charge < -0.3 is 19.0 Å². The molecule has 4 aromatic rings. The van der Waals surface area contributed by atoms with E-state index in [-0.39, 0.29) is 30.9 Å². The number of rotatable bonds is 8. The molecule has 1 aliphatic heterocycles. The largest absolute Gasteiger partial charge is 0.491 e. The van der Waals surface area contributed by atoms with Gasteiger partial charge in [0.2, 0.25) is 5.91 Å². The Hall–Kier alpha value is -3.36. The Balaban J connectivity index is 1.37. The van der Waals surface area contributed by atoms with Crippen LogP contribution in [0, 0.1) is 6.92 Å². The van der Waals surface area contributed by atoms with Crippen LogP contribution < -0.4 is 4.74 Å². The molecule has 0 saturated carbocycles. The Morgan fingerprint density at radius 3 is 2.73 bits per heavy atom. The van der Waals surface area contributed by atoms with Crippen LogP contribution in [0.2, 0.25) is 0 Å². The summed E-state index contributed by atoms with van der Waals surface area (Å²) in [4.78, 5) is 31.9. The molecule has 5 rings (SSSR count). The molecule has 2 amide bonds. The predicted octanol–water partition coefficient (Wildman–Crippen LogP) is 6.26. The number of carbonyl (C=O) groups excluding carboxylic acids is 2. The van der Waals surface area contributed by atoms with Crippen molar-refractivity contribution in [3.8, 4) is 5.75 Å². The van der Waals surface area contributed by atoms with Gasteiger partial charge in [-0.2, -0.15) is 0 Å². The lowest BCUT2D eigenvalue weighted by Crippen LogP contribution is -2.47. The molecule has 2 aromatic carbocycles. The standard InChI is InChI=1S/C29H27BrN2O4S/c1-20-7-9-23(10-8-20)36-19-26-25-12-15-37-27(25)11-13-32(26)28(33)18-31(17-24-6-3-14-35-24)29(34)21-4-2-5-22(30)16-21/h2-10,12,14-16,26H,11,13,17-19H2,1H3/t26-/m1/s1. The van der Waals surface area contributed by atoms with Gasteiger partial charge in [-0.1, -0.05) is 39.7 Å². The third-order valence-corrected chi connectivity index (χ3v) is 7.95. The van der Waals surface area contributed by atoms with Crippen molar-refractivity contribution in [3.05, 3.63) is 110 Å². The van der Waals surface area contributed by atoms with E-state index in [1.165, 1.54) is 4.88 Å². The van der Waals surface area contributed by atoms with Crippen LogP contribution in [0.4, 0.5) is 0 Å². The fourth-order valence-electron chi connectivity index (χ4n) is 4.53. The topological polar surface area (TPSA) is 63.0 Å². The number of halogens is 1. The van der Waals surface area contributed by atoms with Crippen LogP contribution in [-0.2, 0) is 17.8 Å². The fraction of sp³-hybridized carbons (Fsp3) is 0.241. The zero-order valence-electron chi connectivity index (χ0n) is 20.4. The number of fused-ring (bicyclic) bond motifs is 1. The minimum Gasteiger partial charge on any atom is -0.491 e. The molecule has 0 saturated heterocycles. The maximum absolute atomic E-state index is 13.8. The highest BCUT2D eigenvalue weighted by atomic mass is 79.9. The van der Waals surface area contributed by atoms with E-state index in [2.05, 4.69) is 27.4 Å². The normalized spacial score (nSPS) is 14.8. The zero-order valence-corrected chi connectivity index (χ0v) is 22.8. The molecule has 6 nitrogen and oxygen atoms in total. The van der Waals surface area contributed by atoms with Crippen LogP contribution >= 0.6 is 27.3 Å². The summed E-state index contributed by atoms with van der Waals surface area (Å²) in [5.74, 6) is 1.04. The van der Waals surface area contributed by atoms with Gasteiger partial charge >= 0.3 is 0 Å². The average Bonchev–Trinajstić information content (AvgIpc) is 3.59. The summed E-state index contributed by atoms with van der Waals surface area (Å²) in [6, 6.07) is 20.5. The molecule has 8 heteroatoms. The number of furan rings is 1. The summed E-state index contributed by atoms with van der Waals surface area (Å²) in [6.07, 6.45) is 2.36. The van der Waals surface area contributed by atoms with Gasteiger partial charge in [-0.3, -0.25) is 9.59 Å². The first kappa shape index (κ1) is 25.3. The van der Waals surface area contributed by atoms with Crippen molar-refractivity contribution in [2.45, 2.75) is 25.9 Å². The molecule has 3 heterocycles. The molecule has 0 N–H and O–H groups in total. The first-order valence-corrected chi connectivity index (χ1v) is 13.8. The Morgan fingerprint density at radius 1 is 1.14 bits per heavy atom. The summed E-state index contributed by atoms with van der Waals surface area (Å²) in [5.41, 5.74) is 2.79. The highest BCUT2D eigenvalue weighted by molar-refractivity contribution is 9.10. The van der Waals surface area contributed by atoms with E-state index in [1.54, 1.807) is 40.7 Å². The lowest BCUT2D eigenvalue weighted by Gasteiger charge is -2.37. The number of hydrogen-bond donors (Lipinski definition) is 0. The van der Waals surface area contributed by atoms with E-state index in [4.69, 9.17) is 9.15 Å². The molecule has 0 bridgehead atoms. The number of nitrogens with zero attached hydrogens (tertiary/aromatic N) is 2. The molecule has 0 unspecified atom stereocenters. The summed E-state index contributed by atoms with van der Waals surface area (Å²) >= 11 is 5.15. The quantitative estimate of drug-likeness (QED) is 0.247. The molecular formula is C29H27BrN2O4S. The van der Waals surface area contributed by atoms with Crippen LogP contribution in [0.1, 0.15) is 38.2 Å².